The average molecular weight is 416 g/mol. The van der Waals surface area contributed by atoms with Crippen LogP contribution in [0.25, 0.3) is 0 Å². The Morgan fingerprint density at radius 2 is 1.79 bits per heavy atom. The van der Waals surface area contributed by atoms with Crippen LogP contribution in [-0.4, -0.2) is 30.6 Å². The first-order chi connectivity index (χ1) is 14.0. The maximum absolute atomic E-state index is 12.5. The molecule has 0 fully saturated rings. The van der Waals surface area contributed by atoms with E-state index in [4.69, 9.17) is 9.47 Å². The smallest absolute Gasteiger partial charge is 0.349 e. The molecule has 7 heteroatoms. The summed E-state index contributed by atoms with van der Waals surface area (Å²) in [5.41, 5.74) is 2.15. The van der Waals surface area contributed by atoms with Crippen LogP contribution in [0.3, 0.4) is 0 Å². The first-order valence-corrected chi connectivity index (χ1v) is 10.7. The molecule has 3 rings (SSSR count). The van der Waals surface area contributed by atoms with Gasteiger partial charge >= 0.3 is 11.9 Å². The number of aryl methyl sites for hydroxylation is 2. The monoisotopic (exact) mass is 415 g/mol. The van der Waals surface area contributed by atoms with Crippen molar-refractivity contribution in [1.29, 1.82) is 0 Å². The summed E-state index contributed by atoms with van der Waals surface area (Å²) < 4.78 is 10.4. The van der Waals surface area contributed by atoms with Gasteiger partial charge in [-0.1, -0.05) is 6.92 Å². The van der Waals surface area contributed by atoms with Gasteiger partial charge in [-0.25, -0.2) is 9.59 Å². The molecule has 1 atom stereocenters. The van der Waals surface area contributed by atoms with Crippen LogP contribution in [0.5, 0.6) is 0 Å². The summed E-state index contributed by atoms with van der Waals surface area (Å²) in [4.78, 5) is 38.6. The van der Waals surface area contributed by atoms with Gasteiger partial charge in [0.1, 0.15) is 4.88 Å². The van der Waals surface area contributed by atoms with Crippen LogP contribution in [0.2, 0.25) is 0 Å². The van der Waals surface area contributed by atoms with Gasteiger partial charge in [0.25, 0.3) is 5.91 Å². The lowest BCUT2D eigenvalue weighted by atomic mass is 9.99. The Hall–Kier alpha value is -2.67. The fourth-order valence-corrected chi connectivity index (χ4v) is 4.36. The third-order valence-corrected chi connectivity index (χ3v) is 5.99. The van der Waals surface area contributed by atoms with Crippen molar-refractivity contribution in [2.24, 2.45) is 0 Å². The van der Waals surface area contributed by atoms with Crippen molar-refractivity contribution < 1.29 is 23.9 Å². The number of ether oxygens (including phenoxy) is 2. The Labute approximate surface area is 174 Å². The van der Waals surface area contributed by atoms with Crippen LogP contribution in [0.4, 0.5) is 5.69 Å². The second-order valence-electron chi connectivity index (χ2n) is 6.86. The number of amides is 1. The fourth-order valence-electron chi connectivity index (χ4n) is 3.23. The van der Waals surface area contributed by atoms with Crippen LogP contribution in [0, 0.1) is 0 Å². The molecule has 0 saturated heterocycles. The normalized spacial score (nSPS) is 13.9. The predicted octanol–water partition coefficient (Wildman–Crippen LogP) is 4.38. The van der Waals surface area contributed by atoms with Gasteiger partial charge in [-0.05, 0) is 74.9 Å². The van der Waals surface area contributed by atoms with E-state index in [1.807, 2.05) is 6.07 Å². The lowest BCUT2D eigenvalue weighted by molar-refractivity contribution is -0.124. The highest BCUT2D eigenvalue weighted by molar-refractivity contribution is 7.14. The minimum absolute atomic E-state index is 0.300. The molecule has 0 aliphatic heterocycles. The van der Waals surface area contributed by atoms with Gasteiger partial charge in [-0.2, -0.15) is 0 Å². The number of rotatable bonds is 7. The van der Waals surface area contributed by atoms with Gasteiger partial charge in [0, 0.05) is 10.6 Å². The second kappa shape index (κ2) is 9.69. The molecule has 0 radical (unpaired) electrons. The van der Waals surface area contributed by atoms with E-state index in [1.165, 1.54) is 21.8 Å². The minimum atomic E-state index is -0.883. The molecule has 1 aromatic heterocycles. The Balaban J connectivity index is 1.60. The Bertz CT molecular complexity index is 864. The molecular formula is C22H25NO5S. The summed E-state index contributed by atoms with van der Waals surface area (Å²) in [6.45, 7) is 3.83. The molecule has 0 bridgehead atoms. The van der Waals surface area contributed by atoms with Crippen LogP contribution < -0.4 is 5.32 Å². The molecule has 1 aliphatic carbocycles. The van der Waals surface area contributed by atoms with Crippen molar-refractivity contribution in [2.75, 3.05) is 11.9 Å². The molecule has 1 aliphatic rings. The number of nitrogens with one attached hydrogen (secondary N) is 1. The zero-order valence-corrected chi connectivity index (χ0v) is 17.5. The highest BCUT2D eigenvalue weighted by Gasteiger charge is 2.25. The van der Waals surface area contributed by atoms with E-state index in [2.05, 4.69) is 5.32 Å². The lowest BCUT2D eigenvalue weighted by Gasteiger charge is -2.15. The van der Waals surface area contributed by atoms with Crippen LogP contribution in [0.15, 0.2) is 30.3 Å². The van der Waals surface area contributed by atoms with Crippen LogP contribution >= 0.6 is 11.3 Å². The first-order valence-electron chi connectivity index (χ1n) is 9.92. The third-order valence-electron chi connectivity index (χ3n) is 4.77. The van der Waals surface area contributed by atoms with E-state index < -0.39 is 23.9 Å². The number of benzene rings is 1. The third kappa shape index (κ3) is 5.23. The highest BCUT2D eigenvalue weighted by Crippen LogP contribution is 2.30. The van der Waals surface area contributed by atoms with Gasteiger partial charge in [0.2, 0.25) is 0 Å². The van der Waals surface area contributed by atoms with Gasteiger partial charge in [-0.3, -0.25) is 4.79 Å². The van der Waals surface area contributed by atoms with Gasteiger partial charge in [-0.15, -0.1) is 11.3 Å². The van der Waals surface area contributed by atoms with Gasteiger partial charge in [0.05, 0.1) is 12.2 Å². The molecule has 1 N–H and O–H groups in total. The number of carbonyl (C=O) groups is 3. The minimum Gasteiger partial charge on any atom is -0.462 e. The summed E-state index contributed by atoms with van der Waals surface area (Å²) in [5.74, 6) is -1.26. The van der Waals surface area contributed by atoms with Crippen molar-refractivity contribution in [2.45, 2.75) is 52.1 Å². The van der Waals surface area contributed by atoms with E-state index in [0.717, 1.165) is 25.7 Å². The maximum atomic E-state index is 12.5. The SMILES string of the molecule is CCOC(=O)c1ccc(NC(=O)C(CC)OC(=O)c2cc3c(s2)CCCC3)cc1. The molecule has 0 saturated carbocycles. The zero-order chi connectivity index (χ0) is 20.8. The average Bonchev–Trinajstić information content (AvgIpc) is 3.17. The van der Waals surface area contributed by atoms with E-state index >= 15 is 0 Å². The van der Waals surface area contributed by atoms with Gasteiger partial charge in [0.15, 0.2) is 6.10 Å². The van der Waals surface area contributed by atoms with Crippen molar-refractivity contribution in [3.8, 4) is 0 Å². The van der Waals surface area contributed by atoms with E-state index in [0.29, 0.717) is 29.2 Å². The largest absolute Gasteiger partial charge is 0.462 e. The molecule has 1 heterocycles. The van der Waals surface area contributed by atoms with E-state index in [9.17, 15) is 14.4 Å². The number of fused-ring (bicyclic) bond motifs is 1. The van der Waals surface area contributed by atoms with Crippen molar-refractivity contribution in [3.05, 3.63) is 51.2 Å². The number of hydrogen-bond acceptors (Lipinski definition) is 6. The van der Waals surface area contributed by atoms with Gasteiger partial charge < -0.3 is 14.8 Å². The van der Waals surface area contributed by atoms with Crippen LogP contribution in [0.1, 0.15) is 63.6 Å². The van der Waals surface area contributed by atoms with Crippen LogP contribution in [-0.2, 0) is 27.1 Å². The molecule has 6 nitrogen and oxygen atoms in total. The Kier molecular flexibility index (Phi) is 7.04. The summed E-state index contributed by atoms with van der Waals surface area (Å²) in [5, 5.41) is 2.73. The maximum Gasteiger partial charge on any atom is 0.349 e. The predicted molar refractivity (Wildman–Crippen MR) is 111 cm³/mol. The molecule has 29 heavy (non-hydrogen) atoms. The lowest BCUT2D eigenvalue weighted by Crippen LogP contribution is -2.31. The Morgan fingerprint density at radius 1 is 1.07 bits per heavy atom. The van der Waals surface area contributed by atoms with Crippen molar-refractivity contribution in [1.82, 2.24) is 0 Å². The molecule has 1 amide bonds. The Morgan fingerprint density at radius 3 is 2.45 bits per heavy atom. The molecule has 2 aromatic rings. The van der Waals surface area contributed by atoms with E-state index in [1.54, 1.807) is 38.1 Å². The summed E-state index contributed by atoms with van der Waals surface area (Å²) in [6.07, 6.45) is 3.78. The highest BCUT2D eigenvalue weighted by atomic mass is 32.1. The zero-order valence-electron chi connectivity index (χ0n) is 16.7. The molecule has 154 valence electrons. The molecule has 0 spiro atoms. The number of anilines is 1. The molecular weight excluding hydrogens is 390 g/mol. The summed E-state index contributed by atoms with van der Waals surface area (Å²) in [7, 11) is 0. The number of hydrogen-bond donors (Lipinski definition) is 1. The standard InChI is InChI=1S/C22H25NO5S/c1-3-17(28-22(26)19-13-15-7-5-6-8-18(15)29-19)20(24)23-16-11-9-14(10-12-16)21(25)27-4-2/h9-13,17H,3-8H2,1-2H3,(H,23,24). The van der Waals surface area contributed by atoms with Crippen molar-refractivity contribution in [3.63, 3.8) is 0 Å². The first kappa shape index (κ1) is 21.0. The molecule has 1 unspecified atom stereocenters. The summed E-state index contributed by atoms with van der Waals surface area (Å²) >= 11 is 1.47. The number of carbonyl (C=O) groups excluding carboxylic acids is 3. The topological polar surface area (TPSA) is 81.7 Å². The fraction of sp³-hybridized carbons (Fsp3) is 0.409. The second-order valence-corrected chi connectivity index (χ2v) is 7.99. The quantitative estimate of drug-likeness (QED) is 0.679. The number of thiophene rings is 1. The van der Waals surface area contributed by atoms with E-state index in [-0.39, 0.29) is 0 Å². The summed E-state index contributed by atoms with van der Waals surface area (Å²) in [6, 6.07) is 8.30. The molecule has 1 aromatic carbocycles. The number of esters is 2. The van der Waals surface area contributed by atoms with Crippen molar-refractivity contribution >= 4 is 34.9 Å².